The number of ether oxygens (including phenoxy) is 1. The maximum atomic E-state index is 5.55. The maximum absolute atomic E-state index is 5.55. The lowest BCUT2D eigenvalue weighted by atomic mass is 9.89. The smallest absolute Gasteiger partial charge is 0.0623 e. The maximum Gasteiger partial charge on any atom is 0.0623 e. The molecule has 1 N–H and O–H groups in total. The lowest BCUT2D eigenvalue weighted by Gasteiger charge is -2.26. The zero-order valence-corrected chi connectivity index (χ0v) is 13.8. The van der Waals surface area contributed by atoms with Gasteiger partial charge >= 0.3 is 0 Å². The fraction of sp³-hybridized carbons (Fsp3) is 0.667. The van der Waals surface area contributed by atoms with Crippen LogP contribution in [0, 0.1) is 5.92 Å². The van der Waals surface area contributed by atoms with Crippen molar-refractivity contribution in [1.82, 2.24) is 5.32 Å². The Bertz CT molecular complexity index is 359. The van der Waals surface area contributed by atoms with E-state index in [9.17, 15) is 0 Å². The molecule has 2 nitrogen and oxygen atoms in total. The average Bonchev–Trinajstić information content (AvgIpc) is 2.43. The number of hydrogen-bond acceptors (Lipinski definition) is 2. The standard InChI is InChI=1S/C18H31NO/c1-15(2)13-19-14-17(11-12-18(3,4)20-5)16-9-7-6-8-10-16/h6-10,15,17,19H,11-14H2,1-5H3. The van der Waals surface area contributed by atoms with Gasteiger partial charge in [0.25, 0.3) is 0 Å². The van der Waals surface area contributed by atoms with Crippen molar-refractivity contribution in [1.29, 1.82) is 0 Å². The van der Waals surface area contributed by atoms with Gasteiger partial charge in [0.05, 0.1) is 5.60 Å². The molecule has 0 amide bonds. The minimum Gasteiger partial charge on any atom is -0.379 e. The van der Waals surface area contributed by atoms with Crippen molar-refractivity contribution < 1.29 is 4.74 Å². The molecule has 114 valence electrons. The lowest BCUT2D eigenvalue weighted by molar-refractivity contribution is 0.0124. The fourth-order valence-corrected chi connectivity index (χ4v) is 2.28. The van der Waals surface area contributed by atoms with Crippen LogP contribution in [0.4, 0.5) is 0 Å². The van der Waals surface area contributed by atoms with Crippen molar-refractivity contribution in [2.24, 2.45) is 5.92 Å². The van der Waals surface area contributed by atoms with E-state index in [4.69, 9.17) is 4.74 Å². The van der Waals surface area contributed by atoms with Gasteiger partial charge in [-0.1, -0.05) is 44.2 Å². The minimum absolute atomic E-state index is 0.0366. The summed E-state index contributed by atoms with van der Waals surface area (Å²) in [4.78, 5) is 0. The van der Waals surface area contributed by atoms with Gasteiger partial charge in [-0.3, -0.25) is 0 Å². The van der Waals surface area contributed by atoms with Crippen molar-refractivity contribution in [3.63, 3.8) is 0 Å². The largest absolute Gasteiger partial charge is 0.379 e. The summed E-state index contributed by atoms with van der Waals surface area (Å²) in [7, 11) is 1.80. The van der Waals surface area contributed by atoms with Gasteiger partial charge in [0.1, 0.15) is 0 Å². The second-order valence-electron chi connectivity index (χ2n) is 6.66. The van der Waals surface area contributed by atoms with E-state index in [1.54, 1.807) is 7.11 Å². The molecule has 0 saturated carbocycles. The normalized spacial score (nSPS) is 13.7. The van der Waals surface area contributed by atoms with Crippen LogP contribution in [0.2, 0.25) is 0 Å². The Morgan fingerprint density at radius 3 is 2.30 bits per heavy atom. The van der Waals surface area contributed by atoms with Crippen LogP contribution >= 0.6 is 0 Å². The van der Waals surface area contributed by atoms with Crippen molar-refractivity contribution in [3.8, 4) is 0 Å². The number of rotatable bonds is 9. The third kappa shape index (κ3) is 6.53. The first kappa shape index (κ1) is 17.2. The van der Waals surface area contributed by atoms with Gasteiger partial charge in [-0.25, -0.2) is 0 Å². The highest BCUT2D eigenvalue weighted by molar-refractivity contribution is 5.19. The van der Waals surface area contributed by atoms with E-state index in [0.29, 0.717) is 11.8 Å². The Hall–Kier alpha value is -0.860. The molecule has 0 aliphatic heterocycles. The summed E-state index contributed by atoms with van der Waals surface area (Å²) in [5.74, 6) is 1.26. The van der Waals surface area contributed by atoms with Gasteiger partial charge in [-0.05, 0) is 50.6 Å². The summed E-state index contributed by atoms with van der Waals surface area (Å²) in [6.07, 6.45) is 2.22. The van der Waals surface area contributed by atoms with Crippen molar-refractivity contribution >= 4 is 0 Å². The van der Waals surface area contributed by atoms with Crippen LogP contribution in [0.25, 0.3) is 0 Å². The molecule has 1 aromatic rings. The zero-order valence-electron chi connectivity index (χ0n) is 13.8. The lowest BCUT2D eigenvalue weighted by Crippen LogP contribution is -2.28. The van der Waals surface area contributed by atoms with E-state index >= 15 is 0 Å². The molecule has 0 bridgehead atoms. The van der Waals surface area contributed by atoms with Gasteiger partial charge in [0.2, 0.25) is 0 Å². The summed E-state index contributed by atoms with van der Waals surface area (Å²) >= 11 is 0. The van der Waals surface area contributed by atoms with Gasteiger partial charge < -0.3 is 10.1 Å². The summed E-state index contributed by atoms with van der Waals surface area (Å²) in [5, 5.41) is 3.60. The molecule has 0 aliphatic carbocycles. The van der Waals surface area contributed by atoms with E-state index in [0.717, 1.165) is 25.9 Å². The molecule has 0 fully saturated rings. The first-order valence-corrected chi connectivity index (χ1v) is 7.75. The van der Waals surface area contributed by atoms with E-state index in [2.05, 4.69) is 63.3 Å². The molecular weight excluding hydrogens is 246 g/mol. The Labute approximate surface area is 124 Å². The van der Waals surface area contributed by atoms with Crippen LogP contribution < -0.4 is 5.32 Å². The minimum atomic E-state index is -0.0366. The Morgan fingerprint density at radius 1 is 1.10 bits per heavy atom. The van der Waals surface area contributed by atoms with Crippen LogP contribution in [-0.4, -0.2) is 25.8 Å². The van der Waals surface area contributed by atoms with Crippen LogP contribution in [0.3, 0.4) is 0 Å². The summed E-state index contributed by atoms with van der Waals surface area (Å²) in [6, 6.07) is 10.8. The van der Waals surface area contributed by atoms with Gasteiger partial charge in [0, 0.05) is 13.7 Å². The summed E-state index contributed by atoms with van der Waals surface area (Å²) in [5.41, 5.74) is 1.39. The monoisotopic (exact) mass is 277 g/mol. The SMILES string of the molecule is COC(C)(C)CCC(CNCC(C)C)c1ccccc1. The molecule has 1 aromatic carbocycles. The van der Waals surface area contributed by atoms with Crippen LogP contribution in [-0.2, 0) is 4.74 Å². The Morgan fingerprint density at radius 2 is 1.75 bits per heavy atom. The topological polar surface area (TPSA) is 21.3 Å². The quantitative estimate of drug-likeness (QED) is 0.729. The van der Waals surface area contributed by atoms with Gasteiger partial charge in [-0.2, -0.15) is 0 Å². The number of benzene rings is 1. The summed E-state index contributed by atoms with van der Waals surface area (Å²) < 4.78 is 5.55. The Balaban J connectivity index is 2.60. The highest BCUT2D eigenvalue weighted by Gasteiger charge is 2.20. The van der Waals surface area contributed by atoms with E-state index in [-0.39, 0.29) is 5.60 Å². The highest BCUT2D eigenvalue weighted by Crippen LogP contribution is 2.25. The number of hydrogen-bond donors (Lipinski definition) is 1. The number of nitrogens with one attached hydrogen (secondary N) is 1. The number of methoxy groups -OCH3 is 1. The zero-order chi connectivity index (χ0) is 15.0. The Kier molecular flexibility index (Phi) is 7.25. The van der Waals surface area contributed by atoms with Crippen molar-refractivity contribution in [2.45, 2.75) is 52.1 Å². The molecule has 1 unspecified atom stereocenters. The highest BCUT2D eigenvalue weighted by atomic mass is 16.5. The first-order chi connectivity index (χ1) is 9.44. The molecule has 20 heavy (non-hydrogen) atoms. The third-order valence-corrected chi connectivity index (χ3v) is 3.86. The van der Waals surface area contributed by atoms with Gasteiger partial charge in [0.15, 0.2) is 0 Å². The predicted octanol–water partition coefficient (Wildman–Crippen LogP) is 4.22. The molecule has 1 rings (SSSR count). The molecule has 2 heteroatoms. The average molecular weight is 277 g/mol. The molecule has 0 spiro atoms. The van der Waals surface area contributed by atoms with Crippen LogP contribution in [0.1, 0.15) is 52.0 Å². The second-order valence-corrected chi connectivity index (χ2v) is 6.66. The fourth-order valence-electron chi connectivity index (χ4n) is 2.28. The second kappa shape index (κ2) is 8.43. The van der Waals surface area contributed by atoms with Crippen molar-refractivity contribution in [2.75, 3.05) is 20.2 Å². The summed E-state index contributed by atoms with van der Waals surface area (Å²) in [6.45, 7) is 10.9. The molecule has 0 aliphatic rings. The molecule has 0 saturated heterocycles. The first-order valence-electron chi connectivity index (χ1n) is 7.75. The van der Waals surface area contributed by atoms with E-state index in [1.165, 1.54) is 5.56 Å². The molecule has 0 heterocycles. The molecular formula is C18H31NO. The van der Waals surface area contributed by atoms with E-state index < -0.39 is 0 Å². The molecule has 0 aromatic heterocycles. The van der Waals surface area contributed by atoms with Crippen LogP contribution in [0.5, 0.6) is 0 Å². The van der Waals surface area contributed by atoms with Gasteiger partial charge in [-0.15, -0.1) is 0 Å². The van der Waals surface area contributed by atoms with E-state index in [1.807, 2.05) is 0 Å². The molecule has 1 atom stereocenters. The third-order valence-electron chi connectivity index (χ3n) is 3.86. The van der Waals surface area contributed by atoms with Crippen LogP contribution in [0.15, 0.2) is 30.3 Å². The predicted molar refractivity (Wildman–Crippen MR) is 87.2 cm³/mol. The molecule has 0 radical (unpaired) electrons. The van der Waals surface area contributed by atoms with Crippen molar-refractivity contribution in [3.05, 3.63) is 35.9 Å².